The zero-order chi connectivity index (χ0) is 20.0. The van der Waals surface area contributed by atoms with Crippen LogP contribution in [0.15, 0.2) is 35.9 Å². The van der Waals surface area contributed by atoms with Crippen LogP contribution >= 0.6 is 11.6 Å². The molecular formula is C20H19ClN2O4. The van der Waals surface area contributed by atoms with E-state index in [0.717, 1.165) is 5.56 Å². The molecule has 1 N–H and O–H groups in total. The lowest BCUT2D eigenvalue weighted by molar-refractivity contribution is -0.112. The maximum Gasteiger partial charge on any atom is 0.266 e. The van der Waals surface area contributed by atoms with Crippen LogP contribution < -0.4 is 19.5 Å². The summed E-state index contributed by atoms with van der Waals surface area (Å²) in [6, 6.07) is 10.3. The summed E-state index contributed by atoms with van der Waals surface area (Å²) in [5.41, 5.74) is 1.85. The molecule has 140 valence electrons. The number of nitrogens with one attached hydrogen (secondary N) is 1. The van der Waals surface area contributed by atoms with Crippen LogP contribution in [0.25, 0.3) is 6.08 Å². The molecule has 0 bridgehead atoms. The van der Waals surface area contributed by atoms with Crippen molar-refractivity contribution in [1.29, 1.82) is 5.26 Å². The van der Waals surface area contributed by atoms with Crippen LogP contribution in [0.3, 0.4) is 0 Å². The van der Waals surface area contributed by atoms with Crippen molar-refractivity contribution in [1.82, 2.24) is 0 Å². The highest BCUT2D eigenvalue weighted by molar-refractivity contribution is 6.31. The Morgan fingerprint density at radius 3 is 2.26 bits per heavy atom. The van der Waals surface area contributed by atoms with Crippen molar-refractivity contribution in [3.05, 3.63) is 52.1 Å². The number of rotatable bonds is 6. The number of hydrogen-bond acceptors (Lipinski definition) is 5. The average molecular weight is 387 g/mol. The lowest BCUT2D eigenvalue weighted by Crippen LogP contribution is -2.14. The van der Waals surface area contributed by atoms with Crippen molar-refractivity contribution in [3.8, 4) is 23.3 Å². The molecule has 2 aromatic carbocycles. The molecule has 0 aromatic heterocycles. The Kier molecular flexibility index (Phi) is 6.69. The Bertz CT molecular complexity index is 907. The third-order valence-corrected chi connectivity index (χ3v) is 4.05. The molecule has 27 heavy (non-hydrogen) atoms. The zero-order valence-electron chi connectivity index (χ0n) is 15.4. The number of carbonyl (C=O) groups is 1. The predicted octanol–water partition coefficient (Wildman–Crippen LogP) is 4.22. The van der Waals surface area contributed by atoms with E-state index in [0.29, 0.717) is 33.5 Å². The van der Waals surface area contributed by atoms with E-state index >= 15 is 0 Å². The fraction of sp³-hybridized carbons (Fsp3) is 0.200. The van der Waals surface area contributed by atoms with Crippen molar-refractivity contribution in [2.45, 2.75) is 6.92 Å². The van der Waals surface area contributed by atoms with E-state index in [1.807, 2.05) is 13.0 Å². The molecule has 7 heteroatoms. The molecule has 2 rings (SSSR count). The normalized spacial score (nSPS) is 10.7. The van der Waals surface area contributed by atoms with Crippen LogP contribution in [0.2, 0.25) is 5.02 Å². The fourth-order valence-corrected chi connectivity index (χ4v) is 2.59. The number of nitrogens with zero attached hydrogens (tertiary/aromatic N) is 1. The zero-order valence-corrected chi connectivity index (χ0v) is 16.2. The number of methoxy groups -OCH3 is 3. The first kappa shape index (κ1) is 20.1. The monoisotopic (exact) mass is 386 g/mol. The van der Waals surface area contributed by atoms with Crippen LogP contribution in [0.5, 0.6) is 17.2 Å². The van der Waals surface area contributed by atoms with Gasteiger partial charge in [-0.1, -0.05) is 17.7 Å². The minimum absolute atomic E-state index is 0.0800. The lowest BCUT2D eigenvalue weighted by atomic mass is 10.1. The molecule has 0 unspecified atom stereocenters. The Morgan fingerprint density at radius 2 is 1.74 bits per heavy atom. The van der Waals surface area contributed by atoms with E-state index in [1.165, 1.54) is 27.4 Å². The molecule has 0 atom stereocenters. The minimum Gasteiger partial charge on any atom is -0.493 e. The summed E-state index contributed by atoms with van der Waals surface area (Å²) in [5, 5.41) is 12.6. The van der Waals surface area contributed by atoms with Gasteiger partial charge in [0.15, 0.2) is 11.5 Å². The van der Waals surface area contributed by atoms with Crippen molar-refractivity contribution < 1.29 is 19.0 Å². The summed E-state index contributed by atoms with van der Waals surface area (Å²) in [6.07, 6.45) is 1.44. The third kappa shape index (κ3) is 4.72. The topological polar surface area (TPSA) is 80.6 Å². The second-order valence-corrected chi connectivity index (χ2v) is 5.98. The molecule has 1 amide bonds. The molecule has 2 aromatic rings. The number of amides is 1. The number of carbonyl (C=O) groups excluding carboxylic acids is 1. The second kappa shape index (κ2) is 8.97. The summed E-state index contributed by atoms with van der Waals surface area (Å²) in [5.74, 6) is 0.726. The highest BCUT2D eigenvalue weighted by Crippen LogP contribution is 2.38. The summed E-state index contributed by atoms with van der Waals surface area (Å²) >= 11 is 5.97. The van der Waals surface area contributed by atoms with E-state index in [9.17, 15) is 10.1 Å². The summed E-state index contributed by atoms with van der Waals surface area (Å²) in [7, 11) is 4.48. The maximum absolute atomic E-state index is 12.5. The van der Waals surface area contributed by atoms with Gasteiger partial charge in [0.25, 0.3) is 5.91 Å². The highest BCUT2D eigenvalue weighted by atomic mass is 35.5. The van der Waals surface area contributed by atoms with Crippen LogP contribution in [0, 0.1) is 18.3 Å². The van der Waals surface area contributed by atoms with Crippen LogP contribution in [-0.4, -0.2) is 27.2 Å². The number of anilines is 1. The predicted molar refractivity (Wildman–Crippen MR) is 105 cm³/mol. The quantitative estimate of drug-likeness (QED) is 0.593. The summed E-state index contributed by atoms with van der Waals surface area (Å²) < 4.78 is 15.8. The first-order chi connectivity index (χ1) is 12.9. The van der Waals surface area contributed by atoms with Gasteiger partial charge >= 0.3 is 0 Å². The molecule has 0 saturated carbocycles. The molecule has 0 aliphatic rings. The summed E-state index contributed by atoms with van der Waals surface area (Å²) in [4.78, 5) is 12.5. The molecule has 0 aliphatic heterocycles. The molecular weight excluding hydrogens is 368 g/mol. The van der Waals surface area contributed by atoms with Gasteiger partial charge < -0.3 is 19.5 Å². The van der Waals surface area contributed by atoms with Crippen molar-refractivity contribution in [3.63, 3.8) is 0 Å². The number of nitriles is 1. The van der Waals surface area contributed by atoms with Gasteiger partial charge in [0, 0.05) is 10.7 Å². The molecule has 0 radical (unpaired) electrons. The van der Waals surface area contributed by atoms with Crippen LogP contribution in [0.1, 0.15) is 11.1 Å². The Hall–Kier alpha value is -3.17. The van der Waals surface area contributed by atoms with Gasteiger partial charge in [-0.25, -0.2) is 0 Å². The van der Waals surface area contributed by atoms with Gasteiger partial charge in [0.05, 0.1) is 21.3 Å². The molecule has 0 aliphatic carbocycles. The first-order valence-electron chi connectivity index (χ1n) is 7.92. The molecule has 0 spiro atoms. The standard InChI is InChI=1S/C20H19ClN2O4/c1-12-5-6-15(21)10-16(12)23-20(24)14(11-22)7-13-8-17(25-2)19(27-4)18(9-13)26-3/h5-10H,1-4H3,(H,23,24)/b14-7+. The van der Waals surface area contributed by atoms with E-state index < -0.39 is 5.91 Å². The average Bonchev–Trinajstić information content (AvgIpc) is 2.67. The minimum atomic E-state index is -0.545. The molecule has 0 heterocycles. The van der Waals surface area contributed by atoms with Gasteiger partial charge in [-0.15, -0.1) is 0 Å². The number of ether oxygens (including phenoxy) is 3. The lowest BCUT2D eigenvalue weighted by Gasteiger charge is -2.13. The van der Waals surface area contributed by atoms with Crippen LogP contribution in [-0.2, 0) is 4.79 Å². The van der Waals surface area contributed by atoms with E-state index in [4.69, 9.17) is 25.8 Å². The molecule has 0 fully saturated rings. The number of hydrogen-bond donors (Lipinski definition) is 1. The smallest absolute Gasteiger partial charge is 0.266 e. The summed E-state index contributed by atoms with van der Waals surface area (Å²) in [6.45, 7) is 1.83. The Labute approximate surface area is 162 Å². The fourth-order valence-electron chi connectivity index (χ4n) is 2.42. The van der Waals surface area contributed by atoms with E-state index in [-0.39, 0.29) is 5.57 Å². The largest absolute Gasteiger partial charge is 0.493 e. The van der Waals surface area contributed by atoms with Gasteiger partial charge in [0.2, 0.25) is 5.75 Å². The Balaban J connectivity index is 2.39. The van der Waals surface area contributed by atoms with Gasteiger partial charge in [-0.2, -0.15) is 5.26 Å². The van der Waals surface area contributed by atoms with Crippen molar-refractivity contribution >= 4 is 29.3 Å². The van der Waals surface area contributed by atoms with E-state index in [2.05, 4.69) is 5.32 Å². The second-order valence-electron chi connectivity index (χ2n) is 5.54. The Morgan fingerprint density at radius 1 is 1.11 bits per heavy atom. The first-order valence-corrected chi connectivity index (χ1v) is 8.30. The number of aryl methyl sites for hydroxylation is 1. The SMILES string of the molecule is COc1cc(/C=C(\C#N)C(=O)Nc2cc(Cl)ccc2C)cc(OC)c1OC. The number of halogens is 1. The van der Waals surface area contributed by atoms with E-state index in [1.54, 1.807) is 30.3 Å². The van der Waals surface area contributed by atoms with Crippen molar-refractivity contribution in [2.75, 3.05) is 26.6 Å². The van der Waals surface area contributed by atoms with Gasteiger partial charge in [-0.05, 0) is 48.4 Å². The molecule has 6 nitrogen and oxygen atoms in total. The van der Waals surface area contributed by atoms with Gasteiger partial charge in [-0.3, -0.25) is 4.79 Å². The third-order valence-electron chi connectivity index (χ3n) is 3.81. The number of benzene rings is 2. The van der Waals surface area contributed by atoms with Crippen molar-refractivity contribution in [2.24, 2.45) is 0 Å². The highest BCUT2D eigenvalue weighted by Gasteiger charge is 2.15. The maximum atomic E-state index is 12.5. The van der Waals surface area contributed by atoms with Gasteiger partial charge in [0.1, 0.15) is 11.6 Å². The molecule has 0 saturated heterocycles. The van der Waals surface area contributed by atoms with Crippen LogP contribution in [0.4, 0.5) is 5.69 Å².